The molecule has 1 heterocycles. The highest BCUT2D eigenvalue weighted by molar-refractivity contribution is 9.10. The van der Waals surface area contributed by atoms with Crippen LogP contribution in [-0.4, -0.2) is 5.78 Å². The Labute approximate surface area is 105 Å². The van der Waals surface area contributed by atoms with Gasteiger partial charge in [-0.15, -0.1) is 11.3 Å². The molecule has 2 rings (SSSR count). The van der Waals surface area contributed by atoms with Crippen molar-refractivity contribution in [3.8, 4) is 0 Å². The van der Waals surface area contributed by atoms with Crippen LogP contribution in [0.15, 0.2) is 34.1 Å². The molecule has 16 heavy (non-hydrogen) atoms. The summed E-state index contributed by atoms with van der Waals surface area (Å²) in [5.74, 6) is -0.551. The van der Waals surface area contributed by atoms with Gasteiger partial charge in [-0.3, -0.25) is 4.79 Å². The van der Waals surface area contributed by atoms with Gasteiger partial charge in [0.1, 0.15) is 5.82 Å². The van der Waals surface area contributed by atoms with Gasteiger partial charge in [-0.2, -0.15) is 0 Å². The molecule has 0 aliphatic heterocycles. The van der Waals surface area contributed by atoms with Crippen molar-refractivity contribution in [2.24, 2.45) is 0 Å². The Balaban J connectivity index is 2.45. The molecule has 4 heteroatoms. The van der Waals surface area contributed by atoms with Crippen LogP contribution < -0.4 is 0 Å². The summed E-state index contributed by atoms with van der Waals surface area (Å²) in [7, 11) is 0. The molecule has 0 fully saturated rings. The van der Waals surface area contributed by atoms with Crippen LogP contribution in [0.25, 0.3) is 0 Å². The molecule has 0 amide bonds. The van der Waals surface area contributed by atoms with Crippen molar-refractivity contribution in [2.45, 2.75) is 6.92 Å². The van der Waals surface area contributed by atoms with Gasteiger partial charge < -0.3 is 0 Å². The van der Waals surface area contributed by atoms with Crippen molar-refractivity contribution in [3.05, 3.63) is 55.9 Å². The van der Waals surface area contributed by atoms with Gasteiger partial charge in [0, 0.05) is 20.5 Å². The molecule has 2 aromatic rings. The van der Waals surface area contributed by atoms with E-state index in [0.717, 1.165) is 4.88 Å². The first-order valence-corrected chi connectivity index (χ1v) is 6.30. The summed E-state index contributed by atoms with van der Waals surface area (Å²) in [5, 5.41) is 1.86. The lowest BCUT2D eigenvalue weighted by Gasteiger charge is -2.01. The van der Waals surface area contributed by atoms with Gasteiger partial charge in [0.05, 0.1) is 0 Å². The minimum absolute atomic E-state index is 0.140. The molecule has 0 aliphatic carbocycles. The van der Waals surface area contributed by atoms with Gasteiger partial charge in [0.25, 0.3) is 0 Å². The molecular weight excluding hydrogens is 291 g/mol. The summed E-state index contributed by atoms with van der Waals surface area (Å²) in [4.78, 5) is 13.0. The minimum atomic E-state index is -0.411. The maximum Gasteiger partial charge on any atom is 0.194 e. The van der Waals surface area contributed by atoms with E-state index in [2.05, 4.69) is 15.9 Å². The number of carbonyl (C=O) groups is 1. The second-order valence-electron chi connectivity index (χ2n) is 3.38. The van der Waals surface area contributed by atoms with Crippen LogP contribution in [0, 0.1) is 12.7 Å². The van der Waals surface area contributed by atoms with Crippen molar-refractivity contribution >= 4 is 33.0 Å². The van der Waals surface area contributed by atoms with Crippen LogP contribution in [0.2, 0.25) is 0 Å². The third kappa shape index (κ3) is 2.23. The third-order valence-corrected chi connectivity index (χ3v) is 3.53. The molecule has 0 saturated carbocycles. The number of rotatable bonds is 2. The molecule has 82 valence electrons. The average molecular weight is 299 g/mol. The number of thiophene rings is 1. The zero-order valence-corrected chi connectivity index (χ0v) is 10.9. The minimum Gasteiger partial charge on any atom is -0.289 e. The van der Waals surface area contributed by atoms with Gasteiger partial charge >= 0.3 is 0 Å². The van der Waals surface area contributed by atoms with Crippen molar-refractivity contribution in [1.29, 1.82) is 0 Å². The Bertz CT molecular complexity index is 527. The first-order valence-electron chi connectivity index (χ1n) is 4.63. The number of hydrogen-bond acceptors (Lipinski definition) is 2. The molecule has 0 unspecified atom stereocenters. The van der Waals surface area contributed by atoms with Gasteiger partial charge in [0.2, 0.25) is 0 Å². The van der Waals surface area contributed by atoms with Crippen LogP contribution >= 0.6 is 27.3 Å². The van der Waals surface area contributed by atoms with Crippen LogP contribution in [0.5, 0.6) is 0 Å². The average Bonchev–Trinajstić information content (AvgIpc) is 2.62. The Morgan fingerprint density at radius 2 is 2.12 bits per heavy atom. The first-order chi connectivity index (χ1) is 7.58. The van der Waals surface area contributed by atoms with Crippen molar-refractivity contribution in [3.63, 3.8) is 0 Å². The molecular formula is C12H8BrFOS. The van der Waals surface area contributed by atoms with E-state index < -0.39 is 5.82 Å². The molecule has 0 aliphatic rings. The van der Waals surface area contributed by atoms with Crippen LogP contribution in [0.3, 0.4) is 0 Å². The van der Waals surface area contributed by atoms with Crippen LogP contribution in [0.4, 0.5) is 4.39 Å². The maximum absolute atomic E-state index is 13.2. The Morgan fingerprint density at radius 1 is 1.38 bits per heavy atom. The summed E-state index contributed by atoms with van der Waals surface area (Å²) >= 11 is 4.68. The Morgan fingerprint density at radius 3 is 2.69 bits per heavy atom. The lowest BCUT2D eigenvalue weighted by molar-refractivity contribution is 0.103. The van der Waals surface area contributed by atoms with E-state index in [1.54, 1.807) is 12.1 Å². The number of aryl methyl sites for hydroxylation is 1. The van der Waals surface area contributed by atoms with Gasteiger partial charge in [-0.1, -0.05) is 15.9 Å². The fourth-order valence-electron chi connectivity index (χ4n) is 1.46. The van der Waals surface area contributed by atoms with E-state index >= 15 is 0 Å². The summed E-state index contributed by atoms with van der Waals surface area (Å²) in [6.07, 6.45) is 0. The first kappa shape index (κ1) is 11.5. The van der Waals surface area contributed by atoms with E-state index in [1.165, 1.54) is 23.5 Å². The number of hydrogen-bond donors (Lipinski definition) is 0. The molecule has 1 nitrogen and oxygen atoms in total. The molecule has 0 bridgehead atoms. The van der Waals surface area contributed by atoms with Crippen molar-refractivity contribution in [2.75, 3.05) is 0 Å². The third-order valence-electron chi connectivity index (χ3n) is 2.23. The monoisotopic (exact) mass is 298 g/mol. The lowest BCUT2D eigenvalue weighted by atomic mass is 10.0. The Kier molecular flexibility index (Phi) is 3.21. The van der Waals surface area contributed by atoms with Crippen LogP contribution in [0.1, 0.15) is 20.8 Å². The fraction of sp³-hybridized carbons (Fsp3) is 0.0833. The highest BCUT2D eigenvalue weighted by Gasteiger charge is 2.13. The van der Waals surface area contributed by atoms with Crippen LogP contribution in [-0.2, 0) is 0 Å². The number of benzene rings is 1. The standard InChI is InChI=1S/C12H8BrFOS/c1-7-11(2-3-16-7)12(15)8-4-9(13)6-10(14)5-8/h2-6H,1H3. The number of halogens is 2. The van der Waals surface area contributed by atoms with E-state index in [1.807, 2.05) is 12.3 Å². The summed E-state index contributed by atoms with van der Waals surface area (Å²) in [5.41, 5.74) is 1.01. The predicted molar refractivity (Wildman–Crippen MR) is 66.6 cm³/mol. The van der Waals surface area contributed by atoms with E-state index in [4.69, 9.17) is 0 Å². The smallest absolute Gasteiger partial charge is 0.194 e. The summed E-state index contributed by atoms with van der Waals surface area (Å²) in [6.45, 7) is 1.88. The SMILES string of the molecule is Cc1sccc1C(=O)c1cc(F)cc(Br)c1. The van der Waals surface area contributed by atoms with Gasteiger partial charge in [-0.05, 0) is 36.6 Å². The molecule has 0 N–H and O–H groups in total. The second-order valence-corrected chi connectivity index (χ2v) is 5.41. The molecule has 0 radical (unpaired) electrons. The largest absolute Gasteiger partial charge is 0.289 e. The molecule has 1 aromatic heterocycles. The summed E-state index contributed by atoms with van der Waals surface area (Å²) in [6, 6.07) is 5.98. The normalized spacial score (nSPS) is 10.4. The molecule has 1 aromatic carbocycles. The number of carbonyl (C=O) groups excluding carboxylic acids is 1. The highest BCUT2D eigenvalue weighted by Crippen LogP contribution is 2.22. The molecule has 0 spiro atoms. The van der Waals surface area contributed by atoms with E-state index in [-0.39, 0.29) is 5.78 Å². The highest BCUT2D eigenvalue weighted by atomic mass is 79.9. The predicted octanol–water partition coefficient (Wildman–Crippen LogP) is 4.19. The van der Waals surface area contributed by atoms with Gasteiger partial charge in [0.15, 0.2) is 5.78 Å². The topological polar surface area (TPSA) is 17.1 Å². The van der Waals surface area contributed by atoms with Crippen molar-refractivity contribution in [1.82, 2.24) is 0 Å². The van der Waals surface area contributed by atoms with Gasteiger partial charge in [-0.25, -0.2) is 4.39 Å². The zero-order valence-electron chi connectivity index (χ0n) is 8.46. The molecule has 0 saturated heterocycles. The van der Waals surface area contributed by atoms with E-state index in [0.29, 0.717) is 15.6 Å². The zero-order chi connectivity index (χ0) is 11.7. The maximum atomic E-state index is 13.2. The second kappa shape index (κ2) is 4.47. The fourth-order valence-corrected chi connectivity index (χ4v) is 2.62. The lowest BCUT2D eigenvalue weighted by Crippen LogP contribution is -2.01. The Hall–Kier alpha value is -1.00. The molecule has 0 atom stereocenters. The van der Waals surface area contributed by atoms with Crippen molar-refractivity contribution < 1.29 is 9.18 Å². The number of ketones is 1. The quantitative estimate of drug-likeness (QED) is 0.760. The summed E-state index contributed by atoms with van der Waals surface area (Å²) < 4.78 is 13.7. The van der Waals surface area contributed by atoms with E-state index in [9.17, 15) is 9.18 Å².